The number of halogens is 2. The molecule has 0 bridgehead atoms. The fraction of sp³-hybridized carbons (Fsp3) is 0.250. The predicted octanol–water partition coefficient (Wildman–Crippen LogP) is 2.16. The topological polar surface area (TPSA) is 0 Å². The van der Waals surface area contributed by atoms with Gasteiger partial charge in [-0.05, 0) is 6.42 Å². The van der Waals surface area contributed by atoms with Gasteiger partial charge in [-0.25, -0.2) is 6.07 Å². The zero-order valence-electron chi connectivity index (χ0n) is 21.5. The van der Waals surface area contributed by atoms with Crippen molar-refractivity contribution in [2.75, 3.05) is 0 Å². The van der Waals surface area contributed by atoms with Gasteiger partial charge in [-0.2, -0.15) is 52.6 Å². The maximum atomic E-state index is 3.30. The Morgan fingerprint density at radius 1 is 0.857 bits per heavy atom. The van der Waals surface area contributed by atoms with Gasteiger partial charge in [0.15, 0.2) is 0 Å². The van der Waals surface area contributed by atoms with Crippen LogP contribution < -0.4 is 24.8 Å². The second kappa shape index (κ2) is 14.2. The van der Waals surface area contributed by atoms with Crippen LogP contribution >= 0.6 is 0 Å². The molecule has 0 aliphatic heterocycles. The third-order valence-electron chi connectivity index (χ3n) is 5.87. The molecule has 0 saturated carbocycles. The minimum Gasteiger partial charge on any atom is -1.00 e. The molecule has 0 radical (unpaired) electrons. The molecule has 35 heavy (non-hydrogen) atoms. The van der Waals surface area contributed by atoms with E-state index >= 15 is 0 Å². The van der Waals surface area contributed by atoms with Gasteiger partial charge in [-0.3, -0.25) is 0 Å². The molecule has 0 aromatic heterocycles. The molecule has 0 fully saturated rings. The molecule has 0 spiro atoms. The normalized spacial score (nSPS) is 10.7. The van der Waals surface area contributed by atoms with E-state index in [1.54, 1.807) is 0 Å². The van der Waals surface area contributed by atoms with E-state index < -0.39 is 0 Å². The smallest absolute Gasteiger partial charge is 0.0253 e. The van der Waals surface area contributed by atoms with Crippen molar-refractivity contribution in [1.82, 2.24) is 0 Å². The van der Waals surface area contributed by atoms with E-state index in [0.717, 1.165) is 6.42 Å². The van der Waals surface area contributed by atoms with Gasteiger partial charge in [-0.15, -0.1) is 5.56 Å². The van der Waals surface area contributed by atoms with E-state index in [0.29, 0.717) is 5.41 Å². The van der Waals surface area contributed by atoms with Crippen LogP contribution in [0.3, 0.4) is 0 Å². The van der Waals surface area contributed by atoms with Crippen molar-refractivity contribution >= 4 is 3.21 Å². The molecule has 5 rings (SSSR count). The van der Waals surface area contributed by atoms with E-state index in [1.807, 2.05) is 12.1 Å². The Bertz CT molecular complexity index is 1170. The third-order valence-corrected chi connectivity index (χ3v) is 6.58. The van der Waals surface area contributed by atoms with Crippen LogP contribution in [0.25, 0.3) is 11.1 Å². The number of hydrogen-bond acceptors (Lipinski definition) is 0. The molecule has 0 N–H and O–H groups in total. The average Bonchev–Trinajstić information content (AvgIpc) is 3.34. The van der Waals surface area contributed by atoms with Gasteiger partial charge in [0.2, 0.25) is 0 Å². The summed E-state index contributed by atoms with van der Waals surface area (Å²) in [6.45, 7) is 13.3. The number of aryl methyl sites for hydroxylation is 2. The molecule has 1 aliphatic carbocycles. The van der Waals surface area contributed by atoms with Crippen LogP contribution in [-0.2, 0) is 36.1 Å². The maximum Gasteiger partial charge on any atom is -0.0253 e. The fourth-order valence-corrected chi connectivity index (χ4v) is 4.71. The van der Waals surface area contributed by atoms with Crippen LogP contribution in [0.2, 0.25) is 0 Å². The Hall–Kier alpha value is -1.66. The first-order valence-corrected chi connectivity index (χ1v) is 12.8. The summed E-state index contributed by atoms with van der Waals surface area (Å²) >= 11 is 1.51. The molecule has 0 saturated heterocycles. The first-order chi connectivity index (χ1) is 15.7. The van der Waals surface area contributed by atoms with E-state index in [9.17, 15) is 0 Å². The molecule has 1 aliphatic rings. The summed E-state index contributed by atoms with van der Waals surface area (Å²) in [6.07, 6.45) is 1.05. The van der Waals surface area contributed by atoms with Crippen LogP contribution in [0.4, 0.5) is 0 Å². The van der Waals surface area contributed by atoms with Gasteiger partial charge in [0.05, 0.1) is 0 Å². The van der Waals surface area contributed by atoms with E-state index in [4.69, 9.17) is 0 Å². The third kappa shape index (κ3) is 8.75. The van der Waals surface area contributed by atoms with Crippen molar-refractivity contribution in [2.24, 2.45) is 0 Å². The van der Waals surface area contributed by atoms with Crippen molar-refractivity contribution in [1.29, 1.82) is 0 Å². The van der Waals surface area contributed by atoms with E-state index in [2.05, 4.69) is 120 Å². The Labute approximate surface area is 239 Å². The van der Waals surface area contributed by atoms with Crippen molar-refractivity contribution in [3.8, 4) is 11.1 Å². The molecule has 3 heteroatoms. The van der Waals surface area contributed by atoms with Crippen LogP contribution in [0.5, 0.6) is 0 Å². The second-order valence-corrected chi connectivity index (χ2v) is 11.6. The SMILES string of the molecule is C[C](=[Zr+2])c1ccccc1.Cc1cc(C(C)(C)C)c(C)[cH-]1.[Cl-].[Cl-].[c-]1cccc2c1Cc1ccccc1-2. The molecule has 0 heterocycles. The molecule has 4 aromatic rings. The molecule has 0 amide bonds. The van der Waals surface area contributed by atoms with Gasteiger partial charge >= 0.3 is 70.3 Å². The number of rotatable bonds is 1. The van der Waals surface area contributed by atoms with E-state index in [1.165, 1.54) is 71.9 Å². The van der Waals surface area contributed by atoms with Crippen molar-refractivity contribution < 1.29 is 49.0 Å². The summed E-state index contributed by atoms with van der Waals surface area (Å²) in [5.41, 5.74) is 11.5. The molecule has 0 nitrogen and oxygen atoms in total. The standard InChI is InChI=1S/C13H9.C11H17.C8H8.2ClH.Zr/c1-3-7-12-10(5-1)9-11-6-2-4-8-13(11)12;1-8-6-9(2)10(7-8)11(3,4)5;1-2-8-6-4-3-5-7-8;;;/h1-5,7-8H,9H2;6-7H,1-5H3;3-7H,1H3;2*1H;/q2*-1;;;;+2/p-2. The number of hydrogen-bond donors (Lipinski definition) is 0. The number of fused-ring (bicyclic) bond motifs is 3. The quantitative estimate of drug-likeness (QED) is 0.267. The zero-order chi connectivity index (χ0) is 24.0. The Kier molecular flexibility index (Phi) is 12.7. The Morgan fingerprint density at radius 3 is 1.97 bits per heavy atom. The largest absolute Gasteiger partial charge is 1.00 e. The van der Waals surface area contributed by atoms with Crippen LogP contribution in [0, 0.1) is 19.9 Å². The van der Waals surface area contributed by atoms with Gasteiger partial charge in [0, 0.05) is 0 Å². The predicted molar refractivity (Wildman–Crippen MR) is 140 cm³/mol. The summed E-state index contributed by atoms with van der Waals surface area (Å²) in [5, 5.41) is 0. The minimum absolute atomic E-state index is 0. The summed E-state index contributed by atoms with van der Waals surface area (Å²) in [4.78, 5) is 0. The molecule has 182 valence electrons. The average molecular weight is 581 g/mol. The molecule has 0 atom stereocenters. The molecule has 0 unspecified atom stereocenters. The monoisotopic (exact) mass is 578 g/mol. The summed E-state index contributed by atoms with van der Waals surface area (Å²) < 4.78 is 1.46. The Balaban J connectivity index is 0.000000260. The minimum atomic E-state index is 0. The van der Waals surface area contributed by atoms with Crippen LogP contribution in [0.15, 0.2) is 84.9 Å². The van der Waals surface area contributed by atoms with Crippen LogP contribution in [0.1, 0.15) is 61.1 Å². The van der Waals surface area contributed by atoms with Gasteiger partial charge in [0.1, 0.15) is 0 Å². The molecule has 4 aromatic carbocycles. The van der Waals surface area contributed by atoms with Crippen molar-refractivity contribution in [3.05, 3.63) is 124 Å². The first kappa shape index (κ1) is 31.4. The first-order valence-electron chi connectivity index (χ1n) is 11.6. The Morgan fingerprint density at radius 2 is 1.46 bits per heavy atom. The van der Waals surface area contributed by atoms with E-state index in [-0.39, 0.29) is 24.8 Å². The second-order valence-electron chi connectivity index (χ2n) is 9.77. The number of benzene rings is 3. The summed E-state index contributed by atoms with van der Waals surface area (Å²) in [6, 6.07) is 33.1. The van der Waals surface area contributed by atoms with Crippen LogP contribution in [-0.4, -0.2) is 3.21 Å². The summed E-state index contributed by atoms with van der Waals surface area (Å²) in [5.74, 6) is 0. The van der Waals surface area contributed by atoms with Gasteiger partial charge < -0.3 is 24.8 Å². The maximum absolute atomic E-state index is 3.30. The van der Waals surface area contributed by atoms with Gasteiger partial charge in [-0.1, -0.05) is 75.4 Å². The molecular weight excluding hydrogens is 546 g/mol. The van der Waals surface area contributed by atoms with Gasteiger partial charge in [0.25, 0.3) is 0 Å². The fourth-order valence-electron chi connectivity index (χ4n) is 4.30. The summed E-state index contributed by atoms with van der Waals surface area (Å²) in [7, 11) is 0. The van der Waals surface area contributed by atoms with Crippen molar-refractivity contribution in [3.63, 3.8) is 0 Å². The molecular formula is C32H34Cl2Zr-2. The van der Waals surface area contributed by atoms with Crippen molar-refractivity contribution in [2.45, 2.75) is 53.4 Å². The zero-order valence-corrected chi connectivity index (χ0v) is 25.5.